The standard InChI is InChI=1S/C22H22ClN3O/c1-15-11-21(27)25-22(24-15)17-6-4-5-16(12-17)13-26-10-9-18(14-26)19-7-2-3-8-20(19)23/h2-8,11-12,18H,9-10,13-14H2,1H3,(H,24,25,27). The Hall–Kier alpha value is -2.43. The molecule has 0 aliphatic carbocycles. The topological polar surface area (TPSA) is 49.0 Å². The molecule has 1 aliphatic heterocycles. The summed E-state index contributed by atoms with van der Waals surface area (Å²) in [5.41, 5.74) is 4.01. The van der Waals surface area contributed by atoms with Crippen molar-refractivity contribution in [2.24, 2.45) is 0 Å². The Morgan fingerprint density at radius 1 is 1.19 bits per heavy atom. The van der Waals surface area contributed by atoms with Crippen molar-refractivity contribution in [3.63, 3.8) is 0 Å². The molecule has 5 heteroatoms. The molecule has 138 valence electrons. The van der Waals surface area contributed by atoms with Crippen molar-refractivity contribution in [2.45, 2.75) is 25.8 Å². The molecule has 0 spiro atoms. The quantitative estimate of drug-likeness (QED) is 0.731. The third-order valence-electron chi connectivity index (χ3n) is 5.09. The van der Waals surface area contributed by atoms with Gasteiger partial charge in [-0.2, -0.15) is 0 Å². The number of halogens is 1. The number of aromatic amines is 1. The number of rotatable bonds is 4. The lowest BCUT2D eigenvalue weighted by molar-refractivity contribution is 0.327. The fraction of sp³-hybridized carbons (Fsp3) is 0.273. The van der Waals surface area contributed by atoms with Crippen molar-refractivity contribution in [2.75, 3.05) is 13.1 Å². The van der Waals surface area contributed by atoms with E-state index in [4.69, 9.17) is 11.6 Å². The van der Waals surface area contributed by atoms with Crippen LogP contribution in [0.4, 0.5) is 0 Å². The lowest BCUT2D eigenvalue weighted by atomic mass is 9.98. The van der Waals surface area contributed by atoms with Gasteiger partial charge in [0.15, 0.2) is 0 Å². The van der Waals surface area contributed by atoms with E-state index in [1.165, 1.54) is 17.2 Å². The highest BCUT2D eigenvalue weighted by Gasteiger charge is 2.25. The summed E-state index contributed by atoms with van der Waals surface area (Å²) in [5, 5.41) is 0.862. The first-order valence-corrected chi connectivity index (χ1v) is 9.60. The van der Waals surface area contributed by atoms with Crippen LogP contribution in [-0.2, 0) is 6.54 Å². The van der Waals surface area contributed by atoms with Gasteiger partial charge in [-0.15, -0.1) is 0 Å². The Morgan fingerprint density at radius 2 is 2.04 bits per heavy atom. The van der Waals surface area contributed by atoms with Crippen LogP contribution >= 0.6 is 11.6 Å². The van der Waals surface area contributed by atoms with E-state index >= 15 is 0 Å². The summed E-state index contributed by atoms with van der Waals surface area (Å²) >= 11 is 6.37. The molecule has 3 aromatic rings. The summed E-state index contributed by atoms with van der Waals surface area (Å²) in [6, 6.07) is 17.9. The van der Waals surface area contributed by atoms with E-state index in [1.54, 1.807) is 0 Å². The molecule has 4 rings (SSSR count). The number of aromatic nitrogens is 2. The number of H-pyrrole nitrogens is 1. The minimum absolute atomic E-state index is 0.120. The second-order valence-corrected chi connectivity index (χ2v) is 7.59. The second-order valence-electron chi connectivity index (χ2n) is 7.18. The van der Waals surface area contributed by atoms with Crippen molar-refractivity contribution in [1.82, 2.24) is 14.9 Å². The van der Waals surface area contributed by atoms with Crippen molar-refractivity contribution in [3.05, 3.63) is 86.8 Å². The van der Waals surface area contributed by atoms with Crippen molar-refractivity contribution in [3.8, 4) is 11.4 Å². The van der Waals surface area contributed by atoms with Crippen molar-refractivity contribution >= 4 is 11.6 Å². The van der Waals surface area contributed by atoms with Gasteiger partial charge >= 0.3 is 0 Å². The van der Waals surface area contributed by atoms with Crippen LogP contribution in [0, 0.1) is 6.92 Å². The smallest absolute Gasteiger partial charge is 0.251 e. The van der Waals surface area contributed by atoms with Gasteiger partial charge in [-0.1, -0.05) is 48.0 Å². The third-order valence-corrected chi connectivity index (χ3v) is 5.44. The Morgan fingerprint density at radius 3 is 2.85 bits per heavy atom. The van der Waals surface area contributed by atoms with Crippen molar-refractivity contribution < 1.29 is 0 Å². The highest BCUT2D eigenvalue weighted by molar-refractivity contribution is 6.31. The van der Waals surface area contributed by atoms with E-state index < -0.39 is 0 Å². The molecule has 1 N–H and O–H groups in total. The molecule has 2 heterocycles. The van der Waals surface area contributed by atoms with Gasteiger partial charge in [0.05, 0.1) is 0 Å². The summed E-state index contributed by atoms with van der Waals surface area (Å²) in [6.45, 7) is 4.78. The van der Waals surface area contributed by atoms with Crippen LogP contribution in [0.25, 0.3) is 11.4 Å². The average Bonchev–Trinajstić information content (AvgIpc) is 3.10. The lowest BCUT2D eigenvalue weighted by Gasteiger charge is -2.17. The Kier molecular flexibility index (Phi) is 5.10. The molecule has 0 amide bonds. The van der Waals surface area contributed by atoms with Crippen LogP contribution in [0.5, 0.6) is 0 Å². The normalized spacial score (nSPS) is 17.3. The van der Waals surface area contributed by atoms with E-state index in [9.17, 15) is 4.79 Å². The van der Waals surface area contributed by atoms with Crippen LogP contribution in [0.1, 0.15) is 29.2 Å². The number of nitrogens with zero attached hydrogens (tertiary/aromatic N) is 2. The van der Waals surface area contributed by atoms with Gasteiger partial charge in [0.25, 0.3) is 5.56 Å². The number of benzene rings is 2. The molecule has 1 fully saturated rings. The van der Waals surface area contributed by atoms with E-state index in [2.05, 4.69) is 39.1 Å². The van der Waals surface area contributed by atoms with Gasteiger partial charge in [-0.25, -0.2) is 4.98 Å². The first kappa shape index (κ1) is 18.0. The summed E-state index contributed by atoms with van der Waals surface area (Å²) in [5.74, 6) is 1.11. The maximum Gasteiger partial charge on any atom is 0.251 e. The molecular formula is C22H22ClN3O. The minimum Gasteiger partial charge on any atom is -0.307 e. The number of hydrogen-bond acceptors (Lipinski definition) is 3. The summed E-state index contributed by atoms with van der Waals surface area (Å²) in [4.78, 5) is 21.5. The molecule has 1 aromatic heterocycles. The highest BCUT2D eigenvalue weighted by atomic mass is 35.5. The fourth-order valence-corrected chi connectivity index (χ4v) is 4.12. The van der Waals surface area contributed by atoms with Crippen LogP contribution in [0.3, 0.4) is 0 Å². The van der Waals surface area contributed by atoms with Gasteiger partial charge in [-0.3, -0.25) is 9.69 Å². The van der Waals surface area contributed by atoms with Gasteiger partial charge in [-0.05, 0) is 49.1 Å². The Bertz CT molecular complexity index is 1010. The number of aryl methyl sites for hydroxylation is 1. The summed E-state index contributed by atoms with van der Waals surface area (Å²) in [6.07, 6.45) is 1.12. The van der Waals surface area contributed by atoms with E-state index in [0.29, 0.717) is 11.7 Å². The van der Waals surface area contributed by atoms with Gasteiger partial charge < -0.3 is 4.98 Å². The molecule has 1 saturated heterocycles. The minimum atomic E-state index is -0.120. The van der Waals surface area contributed by atoms with E-state index in [0.717, 1.165) is 42.3 Å². The second kappa shape index (κ2) is 7.67. The molecule has 27 heavy (non-hydrogen) atoms. The first-order valence-electron chi connectivity index (χ1n) is 9.22. The van der Waals surface area contributed by atoms with Crippen LogP contribution in [0.2, 0.25) is 5.02 Å². The zero-order chi connectivity index (χ0) is 18.8. The van der Waals surface area contributed by atoms with Gasteiger partial charge in [0, 0.05) is 35.4 Å². The summed E-state index contributed by atoms with van der Waals surface area (Å²) < 4.78 is 0. The Balaban J connectivity index is 1.49. The monoisotopic (exact) mass is 379 g/mol. The molecule has 1 unspecified atom stereocenters. The summed E-state index contributed by atoms with van der Waals surface area (Å²) in [7, 11) is 0. The number of nitrogens with one attached hydrogen (secondary N) is 1. The Labute approximate surface area is 163 Å². The fourth-order valence-electron chi connectivity index (χ4n) is 3.83. The average molecular weight is 380 g/mol. The van der Waals surface area contributed by atoms with E-state index in [1.807, 2.05) is 31.2 Å². The largest absolute Gasteiger partial charge is 0.307 e. The maximum atomic E-state index is 11.7. The lowest BCUT2D eigenvalue weighted by Crippen LogP contribution is -2.19. The van der Waals surface area contributed by atoms with Crippen LogP contribution < -0.4 is 5.56 Å². The highest BCUT2D eigenvalue weighted by Crippen LogP contribution is 2.32. The predicted octanol–water partition coefficient (Wildman–Crippen LogP) is 4.39. The van der Waals surface area contributed by atoms with Gasteiger partial charge in [0.1, 0.15) is 5.82 Å². The van der Waals surface area contributed by atoms with Gasteiger partial charge in [0.2, 0.25) is 0 Å². The zero-order valence-electron chi connectivity index (χ0n) is 15.3. The molecule has 2 aromatic carbocycles. The third kappa shape index (κ3) is 4.12. The number of likely N-dealkylation sites (tertiary alicyclic amines) is 1. The van der Waals surface area contributed by atoms with Crippen LogP contribution in [0.15, 0.2) is 59.4 Å². The molecule has 1 atom stereocenters. The molecule has 1 aliphatic rings. The SMILES string of the molecule is Cc1cc(=O)[nH]c(-c2cccc(CN3CCC(c4ccccc4Cl)C3)c2)n1. The van der Waals surface area contributed by atoms with Crippen LogP contribution in [-0.4, -0.2) is 28.0 Å². The predicted molar refractivity (Wildman–Crippen MR) is 109 cm³/mol. The molecule has 0 radical (unpaired) electrons. The molecule has 0 bridgehead atoms. The molecule has 4 nitrogen and oxygen atoms in total. The van der Waals surface area contributed by atoms with E-state index in [-0.39, 0.29) is 5.56 Å². The number of hydrogen-bond donors (Lipinski definition) is 1. The maximum absolute atomic E-state index is 11.7. The molecule has 0 saturated carbocycles. The molecular weight excluding hydrogens is 358 g/mol. The first-order chi connectivity index (χ1) is 13.1. The van der Waals surface area contributed by atoms with Crippen molar-refractivity contribution in [1.29, 1.82) is 0 Å². The zero-order valence-corrected chi connectivity index (χ0v) is 16.0.